The monoisotopic (exact) mass is 405 g/mol. The Balaban J connectivity index is 1.57. The highest BCUT2D eigenvalue weighted by atomic mass is 16.5. The number of methoxy groups -OCH3 is 2. The second-order valence-electron chi connectivity index (χ2n) is 6.43. The predicted octanol–water partition coefficient (Wildman–Crippen LogP) is 2.21. The molecule has 4 aromatic rings. The minimum Gasteiger partial charge on any atom is -0.497 e. The van der Waals surface area contributed by atoms with Crippen molar-refractivity contribution < 1.29 is 14.3 Å². The summed E-state index contributed by atoms with van der Waals surface area (Å²) in [6.07, 6.45) is 1.41. The minimum absolute atomic E-state index is 0.254. The number of hydrogen-bond donors (Lipinski definition) is 1. The molecule has 9 heteroatoms. The topological polar surface area (TPSA) is 99.8 Å². The van der Waals surface area contributed by atoms with E-state index in [1.54, 1.807) is 31.4 Å². The number of nitrogens with one attached hydrogen (secondary N) is 1. The summed E-state index contributed by atoms with van der Waals surface area (Å²) in [7, 11) is 3.04. The van der Waals surface area contributed by atoms with Crippen molar-refractivity contribution in [3.05, 3.63) is 71.3 Å². The summed E-state index contributed by atoms with van der Waals surface area (Å²) in [5, 5.41) is 11.2. The molecular formula is C21H19N5O4. The summed E-state index contributed by atoms with van der Waals surface area (Å²) in [6, 6.07) is 16.2. The van der Waals surface area contributed by atoms with Gasteiger partial charge in [-0.15, -0.1) is 0 Å². The van der Waals surface area contributed by atoms with Crippen LogP contribution in [0.2, 0.25) is 0 Å². The van der Waals surface area contributed by atoms with Gasteiger partial charge in [0.25, 0.3) is 5.56 Å². The first-order chi connectivity index (χ1) is 14.6. The molecule has 0 saturated carbocycles. The molecule has 0 bridgehead atoms. The number of hydrogen-bond acceptors (Lipinski definition) is 6. The molecule has 1 N–H and O–H groups in total. The van der Waals surface area contributed by atoms with Crippen LogP contribution in [-0.4, -0.2) is 39.5 Å². The van der Waals surface area contributed by atoms with Gasteiger partial charge in [-0.3, -0.25) is 9.59 Å². The lowest BCUT2D eigenvalue weighted by Gasteiger charge is -2.12. The molecule has 0 fully saturated rings. The van der Waals surface area contributed by atoms with Crippen LogP contribution >= 0.6 is 0 Å². The number of carbonyl (C=O) groups excluding carboxylic acids is 1. The van der Waals surface area contributed by atoms with E-state index >= 15 is 0 Å². The molecule has 0 saturated heterocycles. The van der Waals surface area contributed by atoms with Gasteiger partial charge in [0, 0.05) is 11.6 Å². The highest BCUT2D eigenvalue weighted by Gasteiger charge is 2.14. The lowest BCUT2D eigenvalue weighted by molar-refractivity contribution is -0.117. The van der Waals surface area contributed by atoms with Crippen LogP contribution in [-0.2, 0) is 11.3 Å². The molecule has 0 unspecified atom stereocenters. The second kappa shape index (κ2) is 8.08. The van der Waals surface area contributed by atoms with Crippen LogP contribution in [0.5, 0.6) is 11.5 Å². The second-order valence-corrected chi connectivity index (χ2v) is 6.43. The first kappa shape index (κ1) is 19.2. The van der Waals surface area contributed by atoms with Crippen LogP contribution in [0.4, 0.5) is 5.69 Å². The van der Waals surface area contributed by atoms with E-state index in [-0.39, 0.29) is 6.54 Å². The van der Waals surface area contributed by atoms with Gasteiger partial charge < -0.3 is 14.8 Å². The van der Waals surface area contributed by atoms with Gasteiger partial charge in [0.2, 0.25) is 5.91 Å². The third-order valence-electron chi connectivity index (χ3n) is 4.54. The molecule has 4 rings (SSSR count). The molecular weight excluding hydrogens is 386 g/mol. The van der Waals surface area contributed by atoms with Crippen LogP contribution in [0, 0.1) is 0 Å². The molecule has 152 valence electrons. The molecule has 2 aromatic carbocycles. The zero-order valence-corrected chi connectivity index (χ0v) is 16.4. The number of carbonyl (C=O) groups is 1. The zero-order chi connectivity index (χ0) is 21.1. The van der Waals surface area contributed by atoms with Crippen molar-refractivity contribution in [3.63, 3.8) is 0 Å². The SMILES string of the molecule is COc1ccc(NC(=O)Cn2ncn3nc(-c4ccccc4)cc3c2=O)c(OC)c1. The first-order valence-electron chi connectivity index (χ1n) is 9.12. The first-order valence-corrected chi connectivity index (χ1v) is 9.12. The fourth-order valence-corrected chi connectivity index (χ4v) is 3.03. The predicted molar refractivity (Wildman–Crippen MR) is 111 cm³/mol. The Morgan fingerprint density at radius 2 is 1.87 bits per heavy atom. The van der Waals surface area contributed by atoms with Crippen LogP contribution in [0.1, 0.15) is 0 Å². The van der Waals surface area contributed by atoms with Gasteiger partial charge in [-0.1, -0.05) is 30.3 Å². The number of aromatic nitrogens is 4. The molecule has 0 radical (unpaired) electrons. The van der Waals surface area contributed by atoms with Gasteiger partial charge in [-0.25, -0.2) is 9.20 Å². The van der Waals surface area contributed by atoms with Crippen molar-refractivity contribution in [3.8, 4) is 22.8 Å². The summed E-state index contributed by atoms with van der Waals surface area (Å²) in [6.45, 7) is -0.254. The third kappa shape index (κ3) is 3.72. The molecule has 0 aliphatic rings. The van der Waals surface area contributed by atoms with E-state index in [2.05, 4.69) is 15.5 Å². The summed E-state index contributed by atoms with van der Waals surface area (Å²) in [4.78, 5) is 25.3. The number of benzene rings is 2. The van der Waals surface area contributed by atoms with Gasteiger partial charge >= 0.3 is 0 Å². The summed E-state index contributed by atoms with van der Waals surface area (Å²) in [5.74, 6) is 0.630. The van der Waals surface area contributed by atoms with Crippen molar-refractivity contribution in [2.75, 3.05) is 19.5 Å². The molecule has 0 aliphatic heterocycles. The standard InChI is InChI=1S/C21H19N5O4/c1-29-15-8-9-16(19(10-15)30-2)23-20(27)12-25-21(28)18-11-17(24-26(18)13-22-25)14-6-4-3-5-7-14/h3-11,13H,12H2,1-2H3,(H,23,27). The van der Waals surface area contributed by atoms with Crippen molar-refractivity contribution >= 4 is 17.1 Å². The van der Waals surface area contributed by atoms with E-state index < -0.39 is 11.5 Å². The highest BCUT2D eigenvalue weighted by Crippen LogP contribution is 2.29. The molecule has 2 aromatic heterocycles. The van der Waals surface area contributed by atoms with E-state index in [0.29, 0.717) is 28.4 Å². The average molecular weight is 405 g/mol. The van der Waals surface area contributed by atoms with E-state index in [9.17, 15) is 9.59 Å². The van der Waals surface area contributed by atoms with Gasteiger partial charge in [0.1, 0.15) is 29.9 Å². The molecule has 0 atom stereocenters. The Kier molecular flexibility index (Phi) is 5.17. The van der Waals surface area contributed by atoms with Crippen LogP contribution in [0.3, 0.4) is 0 Å². The van der Waals surface area contributed by atoms with Gasteiger partial charge in [0.15, 0.2) is 0 Å². The lowest BCUT2D eigenvalue weighted by atomic mass is 10.1. The van der Waals surface area contributed by atoms with Crippen molar-refractivity contribution in [2.45, 2.75) is 6.54 Å². The highest BCUT2D eigenvalue weighted by molar-refractivity contribution is 5.92. The molecule has 0 aliphatic carbocycles. The number of ether oxygens (including phenoxy) is 2. The van der Waals surface area contributed by atoms with E-state index in [1.807, 2.05) is 30.3 Å². The maximum atomic E-state index is 12.8. The molecule has 0 spiro atoms. The lowest BCUT2D eigenvalue weighted by Crippen LogP contribution is -2.30. The van der Waals surface area contributed by atoms with Crippen molar-refractivity contribution in [2.24, 2.45) is 0 Å². The normalized spacial score (nSPS) is 10.7. The zero-order valence-electron chi connectivity index (χ0n) is 16.4. The van der Waals surface area contributed by atoms with Crippen LogP contribution in [0.25, 0.3) is 16.8 Å². The maximum Gasteiger partial charge on any atom is 0.293 e. The number of amides is 1. The molecule has 9 nitrogen and oxygen atoms in total. The number of fused-ring (bicyclic) bond motifs is 1. The van der Waals surface area contributed by atoms with Gasteiger partial charge in [-0.05, 0) is 18.2 Å². The Bertz CT molecular complexity index is 1260. The van der Waals surface area contributed by atoms with E-state index in [4.69, 9.17) is 9.47 Å². The maximum absolute atomic E-state index is 12.8. The number of rotatable bonds is 6. The van der Waals surface area contributed by atoms with Crippen molar-refractivity contribution in [1.29, 1.82) is 0 Å². The Labute approximate surface area is 171 Å². The third-order valence-corrected chi connectivity index (χ3v) is 4.54. The van der Waals surface area contributed by atoms with E-state index in [1.165, 1.54) is 18.0 Å². The Morgan fingerprint density at radius 1 is 1.07 bits per heavy atom. The fraction of sp³-hybridized carbons (Fsp3) is 0.143. The Hall–Kier alpha value is -4.14. The smallest absolute Gasteiger partial charge is 0.293 e. The van der Waals surface area contributed by atoms with E-state index in [0.717, 1.165) is 10.2 Å². The summed E-state index contributed by atoms with van der Waals surface area (Å²) >= 11 is 0. The quantitative estimate of drug-likeness (QED) is 0.528. The fourth-order valence-electron chi connectivity index (χ4n) is 3.03. The van der Waals surface area contributed by atoms with Crippen molar-refractivity contribution in [1.82, 2.24) is 19.4 Å². The Morgan fingerprint density at radius 3 is 2.60 bits per heavy atom. The molecule has 2 heterocycles. The van der Waals surface area contributed by atoms with Gasteiger partial charge in [0.05, 0.1) is 25.6 Å². The largest absolute Gasteiger partial charge is 0.497 e. The number of anilines is 1. The summed E-state index contributed by atoms with van der Waals surface area (Å²) < 4.78 is 12.9. The van der Waals surface area contributed by atoms with Crippen LogP contribution in [0.15, 0.2) is 65.7 Å². The molecule has 1 amide bonds. The molecule has 30 heavy (non-hydrogen) atoms. The minimum atomic E-state index is -0.416. The number of nitrogens with zero attached hydrogens (tertiary/aromatic N) is 4. The average Bonchev–Trinajstić information content (AvgIpc) is 3.22. The summed E-state index contributed by atoms with van der Waals surface area (Å²) in [5.41, 5.74) is 1.92. The van der Waals surface area contributed by atoms with Gasteiger partial charge in [-0.2, -0.15) is 10.2 Å². The van der Waals surface area contributed by atoms with Crippen LogP contribution < -0.4 is 20.3 Å².